The van der Waals surface area contributed by atoms with Crippen molar-refractivity contribution in [3.63, 3.8) is 0 Å². The van der Waals surface area contributed by atoms with Gasteiger partial charge in [0, 0.05) is 24.4 Å². The monoisotopic (exact) mass is 318 g/mol. The Kier molecular flexibility index (Phi) is 11.8. The van der Waals surface area contributed by atoms with Gasteiger partial charge < -0.3 is 13.9 Å². The zero-order valence-electron chi connectivity index (χ0n) is 7.36. The molecule has 0 fully saturated rings. The fourth-order valence-electron chi connectivity index (χ4n) is 0.443. The number of rotatable bonds is 6. The van der Waals surface area contributed by atoms with Gasteiger partial charge in [-0.2, -0.15) is 0 Å². The second kappa shape index (κ2) is 8.93. The zero-order chi connectivity index (χ0) is 8.74. The van der Waals surface area contributed by atoms with Crippen LogP contribution in [-0.4, -0.2) is 37.6 Å². The Morgan fingerprint density at radius 2 is 1.50 bits per heavy atom. The average Bonchev–Trinajstić information content (AvgIpc) is 1.97. The summed E-state index contributed by atoms with van der Waals surface area (Å²) in [5.41, 5.74) is 0. The molecule has 0 aromatic rings. The van der Waals surface area contributed by atoms with Crippen molar-refractivity contribution in [1.82, 2.24) is 0 Å². The van der Waals surface area contributed by atoms with E-state index in [0.29, 0.717) is 13.2 Å². The molecule has 3 nitrogen and oxygen atoms in total. The Morgan fingerprint density at radius 1 is 1.17 bits per heavy atom. The van der Waals surface area contributed by atoms with Crippen molar-refractivity contribution in [3.8, 4) is 0 Å². The Bertz CT molecular complexity index is 133. The van der Waals surface area contributed by atoms with Gasteiger partial charge in [-0.25, -0.2) is 0 Å². The molecule has 0 saturated heterocycles. The van der Waals surface area contributed by atoms with Gasteiger partial charge in [0.1, 0.15) is 6.72 Å². The molecule has 0 aliphatic rings. The maximum atomic E-state index is 11.1. The summed E-state index contributed by atoms with van der Waals surface area (Å²) in [6.07, 6.45) is 1.60. The molecule has 0 atom stereocenters. The quantitative estimate of drug-likeness (QED) is 0.542. The Labute approximate surface area is 96.5 Å². The van der Waals surface area contributed by atoms with E-state index in [9.17, 15) is 4.89 Å². The van der Waals surface area contributed by atoms with Gasteiger partial charge in [0.2, 0.25) is 0 Å². The van der Waals surface area contributed by atoms with Crippen LogP contribution in [0.25, 0.3) is 0 Å². The van der Waals surface area contributed by atoms with Gasteiger partial charge >= 0.3 is 0 Å². The predicted molar refractivity (Wildman–Crippen MR) is 52.5 cm³/mol. The first-order valence-corrected chi connectivity index (χ1v) is 6.28. The van der Waals surface area contributed by atoms with Crippen LogP contribution in [0.1, 0.15) is 26.7 Å². The molecule has 6 heteroatoms. The van der Waals surface area contributed by atoms with E-state index in [4.69, 9.17) is 9.05 Å². The van der Waals surface area contributed by atoms with E-state index >= 15 is 0 Å². The van der Waals surface area contributed by atoms with Crippen LogP contribution in [0, 0.1) is 0 Å². The summed E-state index contributed by atoms with van der Waals surface area (Å²) in [6.45, 7) is 1.52. The summed E-state index contributed by atoms with van der Waals surface area (Å²) in [7, 11) is 0. The minimum atomic E-state index is -3.14. The SMILES string of the molecule is CCCOP([O-])(=S)OCCC.[Sb]. The van der Waals surface area contributed by atoms with E-state index in [2.05, 4.69) is 11.8 Å². The first-order chi connectivity index (χ1) is 5.12. The van der Waals surface area contributed by atoms with E-state index in [-0.39, 0.29) is 24.4 Å². The van der Waals surface area contributed by atoms with Crippen molar-refractivity contribution in [3.05, 3.63) is 0 Å². The molecule has 0 heterocycles. The second-order valence-electron chi connectivity index (χ2n) is 2.11. The Morgan fingerprint density at radius 3 is 1.75 bits per heavy atom. The molecule has 0 amide bonds. The predicted octanol–water partition coefficient (Wildman–Crippen LogP) is 1.04. The smallest absolute Gasteiger partial charge is 0.115 e. The third-order valence-electron chi connectivity index (χ3n) is 0.907. The van der Waals surface area contributed by atoms with Gasteiger partial charge in [-0.1, -0.05) is 25.7 Å². The van der Waals surface area contributed by atoms with Gasteiger partial charge in [0.25, 0.3) is 0 Å². The van der Waals surface area contributed by atoms with Crippen LogP contribution in [-0.2, 0) is 20.9 Å². The fourth-order valence-corrected chi connectivity index (χ4v) is 1.78. The molecule has 0 aromatic carbocycles. The second-order valence-corrected chi connectivity index (χ2v) is 4.87. The molecule has 0 aliphatic carbocycles. The summed E-state index contributed by atoms with van der Waals surface area (Å²) in [4.78, 5) is 11.1. The van der Waals surface area contributed by atoms with Gasteiger partial charge in [-0.05, 0) is 12.8 Å². The van der Waals surface area contributed by atoms with Crippen molar-refractivity contribution >= 4 is 43.0 Å². The first-order valence-electron chi connectivity index (χ1n) is 3.72. The number of hydrogen-bond donors (Lipinski definition) is 0. The van der Waals surface area contributed by atoms with Crippen LogP contribution < -0.4 is 4.89 Å². The molecule has 0 N–H and O–H groups in total. The van der Waals surface area contributed by atoms with Crippen molar-refractivity contribution in [2.24, 2.45) is 0 Å². The molecular formula is C6H14O3PSSb-. The van der Waals surface area contributed by atoms with E-state index in [1.54, 1.807) is 0 Å². The minimum absolute atomic E-state index is 0. The van der Waals surface area contributed by atoms with E-state index < -0.39 is 6.72 Å². The molecule has 0 aromatic heterocycles. The van der Waals surface area contributed by atoms with Gasteiger partial charge in [-0.15, -0.1) is 0 Å². The largest absolute Gasteiger partial charge is 0.780 e. The standard InChI is InChI=1S/C6H15O3PS.Sb/c1-3-5-8-10(7,11)9-6-4-2;/h3-6H2,1-2H3,(H,7,11);/p-1. The maximum absolute atomic E-state index is 11.1. The molecule has 0 aliphatic heterocycles. The first kappa shape index (κ1) is 15.8. The summed E-state index contributed by atoms with van der Waals surface area (Å²) < 4.78 is 9.66. The molecule has 0 unspecified atom stereocenters. The maximum Gasteiger partial charge on any atom is 0.115 e. The van der Waals surface area contributed by atoms with Crippen LogP contribution in [0.3, 0.4) is 0 Å². The van der Waals surface area contributed by atoms with E-state index in [1.807, 2.05) is 13.8 Å². The van der Waals surface area contributed by atoms with E-state index in [1.165, 1.54) is 0 Å². The summed E-state index contributed by atoms with van der Waals surface area (Å²) in [5, 5.41) is 0. The van der Waals surface area contributed by atoms with Gasteiger partial charge in [0.05, 0.1) is 13.2 Å². The van der Waals surface area contributed by atoms with Crippen LogP contribution >= 0.6 is 6.72 Å². The fraction of sp³-hybridized carbons (Fsp3) is 1.00. The van der Waals surface area contributed by atoms with Crippen molar-refractivity contribution in [2.45, 2.75) is 26.7 Å². The third kappa shape index (κ3) is 9.44. The van der Waals surface area contributed by atoms with Crippen LogP contribution in [0.5, 0.6) is 0 Å². The van der Waals surface area contributed by atoms with Crippen LogP contribution in [0.2, 0.25) is 0 Å². The summed E-state index contributed by atoms with van der Waals surface area (Å²) in [5.74, 6) is 0. The normalized spacial score (nSPS) is 10.9. The minimum Gasteiger partial charge on any atom is -0.780 e. The molecule has 0 spiro atoms. The topological polar surface area (TPSA) is 41.5 Å². The average molecular weight is 319 g/mol. The van der Waals surface area contributed by atoms with Crippen molar-refractivity contribution in [1.29, 1.82) is 0 Å². The van der Waals surface area contributed by atoms with Crippen LogP contribution in [0.4, 0.5) is 0 Å². The Balaban J connectivity index is 0. The van der Waals surface area contributed by atoms with Crippen LogP contribution in [0.15, 0.2) is 0 Å². The molecule has 0 bridgehead atoms. The number of hydrogen-bond acceptors (Lipinski definition) is 4. The molecule has 3 radical (unpaired) electrons. The summed E-state index contributed by atoms with van der Waals surface area (Å²) in [6, 6.07) is 0. The van der Waals surface area contributed by atoms with E-state index in [0.717, 1.165) is 12.8 Å². The van der Waals surface area contributed by atoms with Crippen molar-refractivity contribution in [2.75, 3.05) is 13.2 Å². The molecule has 0 rings (SSSR count). The molecule has 73 valence electrons. The van der Waals surface area contributed by atoms with Gasteiger partial charge in [0.15, 0.2) is 0 Å². The molecule has 12 heavy (non-hydrogen) atoms. The summed E-state index contributed by atoms with van der Waals surface area (Å²) >= 11 is 4.59. The zero-order valence-corrected chi connectivity index (χ0v) is 11.6. The molecular weight excluding hydrogens is 305 g/mol. The third-order valence-corrected chi connectivity index (χ3v) is 2.54. The van der Waals surface area contributed by atoms with Crippen molar-refractivity contribution < 1.29 is 13.9 Å². The Hall–Kier alpha value is 1.35. The van der Waals surface area contributed by atoms with Gasteiger partial charge in [-0.3, -0.25) is 0 Å². The molecule has 0 saturated carbocycles.